The summed E-state index contributed by atoms with van der Waals surface area (Å²) in [6, 6.07) is 6.99. The molecular weight excluding hydrogens is 252 g/mol. The predicted octanol–water partition coefficient (Wildman–Crippen LogP) is 1.03. The zero-order valence-corrected chi connectivity index (χ0v) is 10.7. The maximum atomic E-state index is 11.8. The fraction of sp³-hybridized carbons (Fsp3) is 0.417. The highest BCUT2D eigenvalue weighted by molar-refractivity contribution is 7.91. The highest BCUT2D eigenvalue weighted by atomic mass is 32.2. The second-order valence-electron chi connectivity index (χ2n) is 4.61. The van der Waals surface area contributed by atoms with Crippen molar-refractivity contribution < 1.29 is 13.2 Å². The van der Waals surface area contributed by atoms with Gasteiger partial charge in [-0.1, -0.05) is 12.1 Å². The molecule has 18 heavy (non-hydrogen) atoms. The molecule has 1 aromatic carbocycles. The highest BCUT2D eigenvalue weighted by Crippen LogP contribution is 2.23. The summed E-state index contributed by atoms with van der Waals surface area (Å²) >= 11 is 0. The number of nitrogens with one attached hydrogen (secondary N) is 1. The summed E-state index contributed by atoms with van der Waals surface area (Å²) in [7, 11) is -2.93. The Kier molecular flexibility index (Phi) is 3.56. The van der Waals surface area contributed by atoms with Crippen molar-refractivity contribution in [2.45, 2.75) is 12.8 Å². The molecule has 0 bridgehead atoms. The zero-order valence-electron chi connectivity index (χ0n) is 9.93. The van der Waals surface area contributed by atoms with Crippen LogP contribution in [0.5, 0.6) is 0 Å². The number of nitrogens with two attached hydrogens (primary N) is 1. The largest absolute Gasteiger partial charge is 0.397 e. The third-order valence-electron chi connectivity index (χ3n) is 3.04. The lowest BCUT2D eigenvalue weighted by Crippen LogP contribution is -2.18. The standard InChI is InChI=1S/C12H16N2O3S/c13-10-3-1-2-4-11(10)14-12(15)7-9-5-6-18(16,17)8-9/h1-4,9H,5-8,13H2,(H,14,15). The Morgan fingerprint density at radius 1 is 1.39 bits per heavy atom. The topological polar surface area (TPSA) is 89.3 Å². The van der Waals surface area contributed by atoms with Crippen LogP contribution < -0.4 is 11.1 Å². The lowest BCUT2D eigenvalue weighted by Gasteiger charge is -2.10. The molecule has 1 aromatic rings. The van der Waals surface area contributed by atoms with E-state index in [1.807, 2.05) is 0 Å². The number of hydrogen-bond acceptors (Lipinski definition) is 4. The molecule has 6 heteroatoms. The number of sulfone groups is 1. The van der Waals surface area contributed by atoms with Crippen LogP contribution >= 0.6 is 0 Å². The number of rotatable bonds is 3. The molecule has 1 saturated heterocycles. The van der Waals surface area contributed by atoms with E-state index in [1.165, 1.54) is 0 Å². The van der Waals surface area contributed by atoms with Crippen LogP contribution in [0.15, 0.2) is 24.3 Å². The molecule has 1 amide bonds. The third kappa shape index (κ3) is 3.22. The first kappa shape index (κ1) is 12.9. The smallest absolute Gasteiger partial charge is 0.224 e. The van der Waals surface area contributed by atoms with E-state index in [1.54, 1.807) is 24.3 Å². The maximum Gasteiger partial charge on any atom is 0.224 e. The van der Waals surface area contributed by atoms with Crippen LogP contribution in [0, 0.1) is 5.92 Å². The van der Waals surface area contributed by atoms with Crippen molar-refractivity contribution in [3.8, 4) is 0 Å². The number of para-hydroxylation sites is 2. The van der Waals surface area contributed by atoms with Crippen molar-refractivity contribution >= 4 is 27.1 Å². The molecule has 1 fully saturated rings. The normalized spacial score (nSPS) is 21.7. The van der Waals surface area contributed by atoms with Gasteiger partial charge >= 0.3 is 0 Å². The Balaban J connectivity index is 1.92. The van der Waals surface area contributed by atoms with E-state index in [0.717, 1.165) is 0 Å². The quantitative estimate of drug-likeness (QED) is 0.801. The number of nitrogen functional groups attached to an aromatic ring is 1. The summed E-state index contributed by atoms with van der Waals surface area (Å²) in [5.41, 5.74) is 6.79. The molecule has 0 saturated carbocycles. The average Bonchev–Trinajstić information content (AvgIpc) is 2.61. The molecular formula is C12H16N2O3S. The Labute approximate surface area is 106 Å². The van der Waals surface area contributed by atoms with Gasteiger partial charge in [-0.3, -0.25) is 4.79 Å². The van der Waals surface area contributed by atoms with Gasteiger partial charge in [-0.25, -0.2) is 8.42 Å². The van der Waals surface area contributed by atoms with E-state index in [2.05, 4.69) is 5.32 Å². The number of amides is 1. The summed E-state index contributed by atoms with van der Waals surface area (Å²) in [4.78, 5) is 11.8. The molecule has 1 aliphatic heterocycles. The lowest BCUT2D eigenvalue weighted by atomic mass is 10.0. The zero-order chi connectivity index (χ0) is 13.2. The minimum absolute atomic E-state index is 0.0695. The summed E-state index contributed by atoms with van der Waals surface area (Å²) in [5, 5.41) is 2.71. The van der Waals surface area contributed by atoms with Gasteiger partial charge in [-0.15, -0.1) is 0 Å². The summed E-state index contributed by atoms with van der Waals surface area (Å²) in [6.45, 7) is 0. The SMILES string of the molecule is Nc1ccccc1NC(=O)CC1CCS(=O)(=O)C1. The van der Waals surface area contributed by atoms with Crippen LogP contribution in [0.25, 0.3) is 0 Å². The van der Waals surface area contributed by atoms with Crippen molar-refractivity contribution in [2.24, 2.45) is 5.92 Å². The molecule has 1 heterocycles. The van der Waals surface area contributed by atoms with Crippen molar-refractivity contribution in [1.82, 2.24) is 0 Å². The molecule has 1 atom stereocenters. The first-order valence-electron chi connectivity index (χ1n) is 5.81. The lowest BCUT2D eigenvalue weighted by molar-refractivity contribution is -0.116. The molecule has 0 aromatic heterocycles. The molecule has 98 valence electrons. The molecule has 0 spiro atoms. The van der Waals surface area contributed by atoms with Gasteiger partial charge in [0.2, 0.25) is 5.91 Å². The number of carbonyl (C=O) groups is 1. The van der Waals surface area contributed by atoms with Gasteiger partial charge in [0, 0.05) is 6.42 Å². The maximum absolute atomic E-state index is 11.8. The Morgan fingerprint density at radius 2 is 2.11 bits per heavy atom. The first-order valence-corrected chi connectivity index (χ1v) is 7.63. The minimum atomic E-state index is -2.93. The van der Waals surface area contributed by atoms with Crippen molar-refractivity contribution in [3.63, 3.8) is 0 Å². The van der Waals surface area contributed by atoms with Gasteiger partial charge in [0.15, 0.2) is 9.84 Å². The van der Waals surface area contributed by atoms with Gasteiger partial charge in [-0.2, -0.15) is 0 Å². The summed E-state index contributed by atoms with van der Waals surface area (Å²) in [6.07, 6.45) is 0.799. The molecule has 1 aliphatic rings. The van der Waals surface area contributed by atoms with E-state index in [-0.39, 0.29) is 29.8 Å². The fourth-order valence-corrected chi connectivity index (χ4v) is 3.97. The summed E-state index contributed by atoms with van der Waals surface area (Å²) in [5.74, 6) is 0.0540. The Hall–Kier alpha value is -1.56. The van der Waals surface area contributed by atoms with Gasteiger partial charge in [0.1, 0.15) is 0 Å². The van der Waals surface area contributed by atoms with Gasteiger partial charge in [0.25, 0.3) is 0 Å². The molecule has 3 N–H and O–H groups in total. The van der Waals surface area contributed by atoms with Crippen molar-refractivity contribution in [3.05, 3.63) is 24.3 Å². The fourth-order valence-electron chi connectivity index (χ4n) is 2.11. The highest BCUT2D eigenvalue weighted by Gasteiger charge is 2.29. The molecule has 2 rings (SSSR count). The van der Waals surface area contributed by atoms with Crippen LogP contribution in [-0.4, -0.2) is 25.8 Å². The molecule has 5 nitrogen and oxygen atoms in total. The number of carbonyl (C=O) groups excluding carboxylic acids is 1. The molecule has 0 aliphatic carbocycles. The number of benzene rings is 1. The van der Waals surface area contributed by atoms with Gasteiger partial charge < -0.3 is 11.1 Å². The van der Waals surface area contributed by atoms with Crippen molar-refractivity contribution in [2.75, 3.05) is 22.6 Å². The first-order chi connectivity index (χ1) is 8.46. The number of anilines is 2. The van der Waals surface area contributed by atoms with Gasteiger partial charge in [0.05, 0.1) is 22.9 Å². The number of hydrogen-bond donors (Lipinski definition) is 2. The second-order valence-corrected chi connectivity index (χ2v) is 6.84. The summed E-state index contributed by atoms with van der Waals surface area (Å²) < 4.78 is 22.6. The van der Waals surface area contributed by atoms with E-state index in [0.29, 0.717) is 17.8 Å². The third-order valence-corrected chi connectivity index (χ3v) is 4.87. The van der Waals surface area contributed by atoms with Crippen LogP contribution in [0.1, 0.15) is 12.8 Å². The van der Waals surface area contributed by atoms with Crippen LogP contribution in [0.3, 0.4) is 0 Å². The monoisotopic (exact) mass is 268 g/mol. The van der Waals surface area contributed by atoms with E-state index in [9.17, 15) is 13.2 Å². The van der Waals surface area contributed by atoms with E-state index < -0.39 is 9.84 Å². The molecule has 1 unspecified atom stereocenters. The van der Waals surface area contributed by atoms with E-state index >= 15 is 0 Å². The van der Waals surface area contributed by atoms with Crippen LogP contribution in [-0.2, 0) is 14.6 Å². The van der Waals surface area contributed by atoms with Crippen molar-refractivity contribution in [1.29, 1.82) is 0 Å². The van der Waals surface area contributed by atoms with Crippen LogP contribution in [0.2, 0.25) is 0 Å². The average molecular weight is 268 g/mol. The predicted molar refractivity (Wildman–Crippen MR) is 70.9 cm³/mol. The molecule has 0 radical (unpaired) electrons. The minimum Gasteiger partial charge on any atom is -0.397 e. The van der Waals surface area contributed by atoms with Crippen LogP contribution in [0.4, 0.5) is 11.4 Å². The van der Waals surface area contributed by atoms with E-state index in [4.69, 9.17) is 5.73 Å². The Bertz CT molecular complexity index is 554. The Morgan fingerprint density at radius 3 is 2.72 bits per heavy atom. The van der Waals surface area contributed by atoms with Gasteiger partial charge in [-0.05, 0) is 24.5 Å². The second kappa shape index (κ2) is 4.97.